The lowest BCUT2D eigenvalue weighted by Crippen LogP contribution is -2.01. The number of alkyl halides is 1. The summed E-state index contributed by atoms with van der Waals surface area (Å²) in [5.41, 5.74) is 0. The van der Waals surface area contributed by atoms with Crippen LogP contribution < -0.4 is 0 Å². The van der Waals surface area contributed by atoms with Crippen LogP contribution in [0, 0.1) is 10.1 Å². The Bertz CT molecular complexity index is 325. The number of carbonyl (C=O) groups excluding carboxylic acids is 1. The number of nitro groups is 1. The van der Waals surface area contributed by atoms with Gasteiger partial charge in [0.1, 0.15) is 6.29 Å². The third kappa shape index (κ3) is 3.03. The van der Waals surface area contributed by atoms with Gasteiger partial charge in [0.2, 0.25) is 0 Å². The van der Waals surface area contributed by atoms with E-state index < -0.39 is 4.92 Å². The zero-order valence-electron chi connectivity index (χ0n) is 6.47. The molecule has 0 N–H and O–H groups in total. The molecule has 0 aliphatic rings. The van der Waals surface area contributed by atoms with Gasteiger partial charge >= 0.3 is 5.00 Å². The molecule has 0 saturated heterocycles. The minimum atomic E-state index is -0.419. The molecule has 0 radical (unpaired) electrons. The summed E-state index contributed by atoms with van der Waals surface area (Å²) in [5, 5.41) is 10.4. The number of aldehydes is 1. The average molecular weight is 311 g/mol. The summed E-state index contributed by atoms with van der Waals surface area (Å²) < 4.78 is -0.101. The second kappa shape index (κ2) is 4.66. The summed E-state index contributed by atoms with van der Waals surface area (Å²) in [7, 11) is 0. The van der Waals surface area contributed by atoms with Crippen molar-refractivity contribution < 1.29 is 9.72 Å². The van der Waals surface area contributed by atoms with E-state index in [1.165, 1.54) is 6.07 Å². The summed E-state index contributed by atoms with van der Waals surface area (Å²) in [4.78, 5) is 21.1. The van der Waals surface area contributed by atoms with Crippen molar-refractivity contribution in [3.63, 3.8) is 0 Å². The Morgan fingerprint density at radius 1 is 1.69 bits per heavy atom. The quantitative estimate of drug-likeness (QED) is 0.282. The third-order valence-corrected chi connectivity index (χ3v) is 3.16. The first kappa shape index (κ1) is 10.6. The van der Waals surface area contributed by atoms with Gasteiger partial charge in [-0.05, 0) is 6.07 Å². The van der Waals surface area contributed by atoms with Gasteiger partial charge in [0.05, 0.1) is 8.85 Å². The van der Waals surface area contributed by atoms with E-state index in [0.717, 1.165) is 22.5 Å². The van der Waals surface area contributed by atoms with Crippen LogP contribution in [-0.4, -0.2) is 15.1 Å². The van der Waals surface area contributed by atoms with E-state index in [0.29, 0.717) is 6.42 Å². The standard InChI is InChI=1S/C7H6INO3S/c8-5(4-10)3-6-1-2-7(13-6)9(11)12/h1-2,4-5H,3H2. The molecular formula is C7H6INO3S. The Balaban J connectivity index is 2.69. The topological polar surface area (TPSA) is 60.2 Å². The molecule has 1 aromatic rings. The zero-order chi connectivity index (χ0) is 9.84. The van der Waals surface area contributed by atoms with Crippen LogP contribution >= 0.6 is 33.9 Å². The van der Waals surface area contributed by atoms with E-state index in [4.69, 9.17) is 0 Å². The summed E-state index contributed by atoms with van der Waals surface area (Å²) in [6.07, 6.45) is 1.41. The normalized spacial score (nSPS) is 12.4. The second-order valence-electron chi connectivity index (χ2n) is 2.35. The molecule has 0 spiro atoms. The summed E-state index contributed by atoms with van der Waals surface area (Å²) in [5.74, 6) is 0. The average Bonchev–Trinajstić information content (AvgIpc) is 2.52. The molecular weight excluding hydrogens is 305 g/mol. The van der Waals surface area contributed by atoms with Crippen molar-refractivity contribution in [3.05, 3.63) is 27.1 Å². The first-order chi connectivity index (χ1) is 6.13. The summed E-state index contributed by atoms with van der Waals surface area (Å²) in [6, 6.07) is 3.16. The fourth-order valence-electron chi connectivity index (χ4n) is 0.815. The van der Waals surface area contributed by atoms with Gasteiger partial charge < -0.3 is 4.79 Å². The number of thiophene rings is 1. The number of hydrogen-bond acceptors (Lipinski definition) is 4. The van der Waals surface area contributed by atoms with Crippen molar-refractivity contribution in [1.82, 2.24) is 0 Å². The highest BCUT2D eigenvalue weighted by Gasteiger charge is 2.11. The highest BCUT2D eigenvalue weighted by molar-refractivity contribution is 14.1. The van der Waals surface area contributed by atoms with Crippen LogP contribution in [0.2, 0.25) is 0 Å². The van der Waals surface area contributed by atoms with Gasteiger partial charge in [-0.3, -0.25) is 10.1 Å². The molecule has 13 heavy (non-hydrogen) atoms. The predicted molar refractivity (Wildman–Crippen MR) is 58.5 cm³/mol. The van der Waals surface area contributed by atoms with Crippen molar-refractivity contribution in [2.75, 3.05) is 0 Å². The molecule has 4 nitrogen and oxygen atoms in total. The second-order valence-corrected chi connectivity index (χ2v) is 5.10. The molecule has 6 heteroatoms. The van der Waals surface area contributed by atoms with Crippen LogP contribution in [0.4, 0.5) is 5.00 Å². The highest BCUT2D eigenvalue weighted by atomic mass is 127. The molecule has 0 amide bonds. The van der Waals surface area contributed by atoms with Gasteiger partial charge in [-0.1, -0.05) is 33.9 Å². The van der Waals surface area contributed by atoms with Crippen LogP contribution in [0.25, 0.3) is 0 Å². The summed E-state index contributed by atoms with van der Waals surface area (Å²) in [6.45, 7) is 0. The van der Waals surface area contributed by atoms with E-state index in [2.05, 4.69) is 0 Å². The molecule has 70 valence electrons. The molecule has 1 unspecified atom stereocenters. The van der Waals surface area contributed by atoms with E-state index in [9.17, 15) is 14.9 Å². The van der Waals surface area contributed by atoms with Gasteiger partial charge in [-0.2, -0.15) is 0 Å². The van der Waals surface area contributed by atoms with E-state index in [1.807, 2.05) is 22.6 Å². The number of halogens is 1. The fraction of sp³-hybridized carbons (Fsp3) is 0.286. The maximum absolute atomic E-state index is 10.3. The molecule has 1 rings (SSSR count). The van der Waals surface area contributed by atoms with Crippen LogP contribution in [-0.2, 0) is 11.2 Å². The number of nitrogens with zero attached hydrogens (tertiary/aromatic N) is 1. The minimum absolute atomic E-state index is 0.101. The van der Waals surface area contributed by atoms with Crippen molar-refractivity contribution in [2.24, 2.45) is 0 Å². The first-order valence-electron chi connectivity index (χ1n) is 3.46. The third-order valence-electron chi connectivity index (χ3n) is 1.37. The largest absolute Gasteiger partial charge is 0.324 e. The molecule has 0 aromatic carbocycles. The van der Waals surface area contributed by atoms with E-state index in [1.54, 1.807) is 6.07 Å². The molecule has 0 bridgehead atoms. The Morgan fingerprint density at radius 2 is 2.38 bits per heavy atom. The van der Waals surface area contributed by atoms with Crippen molar-refractivity contribution in [3.8, 4) is 0 Å². The van der Waals surface area contributed by atoms with Gasteiger partial charge in [-0.25, -0.2) is 0 Å². The fourth-order valence-corrected chi connectivity index (χ4v) is 2.47. The van der Waals surface area contributed by atoms with Crippen LogP contribution in [0.3, 0.4) is 0 Å². The Morgan fingerprint density at radius 3 is 2.85 bits per heavy atom. The van der Waals surface area contributed by atoms with Crippen molar-refractivity contribution >= 4 is 45.2 Å². The molecule has 0 aliphatic carbocycles. The number of carbonyl (C=O) groups is 1. The molecule has 0 saturated carbocycles. The van der Waals surface area contributed by atoms with E-state index >= 15 is 0 Å². The van der Waals surface area contributed by atoms with Crippen LogP contribution in [0.1, 0.15) is 4.88 Å². The SMILES string of the molecule is O=CC(I)Cc1ccc([N+](=O)[O-])s1. The van der Waals surface area contributed by atoms with Crippen molar-refractivity contribution in [1.29, 1.82) is 0 Å². The molecule has 1 atom stereocenters. The maximum Gasteiger partial charge on any atom is 0.324 e. The van der Waals surface area contributed by atoms with Crippen LogP contribution in [0.15, 0.2) is 12.1 Å². The van der Waals surface area contributed by atoms with Gasteiger partial charge in [0.15, 0.2) is 0 Å². The smallest absolute Gasteiger partial charge is 0.302 e. The monoisotopic (exact) mass is 311 g/mol. The van der Waals surface area contributed by atoms with E-state index in [-0.39, 0.29) is 8.93 Å². The Hall–Kier alpha value is -0.500. The Labute approximate surface area is 92.2 Å². The highest BCUT2D eigenvalue weighted by Crippen LogP contribution is 2.25. The zero-order valence-corrected chi connectivity index (χ0v) is 9.45. The lowest BCUT2D eigenvalue weighted by molar-refractivity contribution is -0.380. The number of hydrogen-bond donors (Lipinski definition) is 0. The van der Waals surface area contributed by atoms with Gasteiger partial charge in [0, 0.05) is 17.4 Å². The predicted octanol–water partition coefficient (Wildman–Crippen LogP) is 2.20. The van der Waals surface area contributed by atoms with Crippen LogP contribution in [0.5, 0.6) is 0 Å². The number of rotatable bonds is 4. The summed E-state index contributed by atoms with van der Waals surface area (Å²) >= 11 is 3.13. The van der Waals surface area contributed by atoms with Gasteiger partial charge in [-0.15, -0.1) is 0 Å². The lowest BCUT2D eigenvalue weighted by atomic mass is 10.3. The Kier molecular flexibility index (Phi) is 3.79. The first-order valence-corrected chi connectivity index (χ1v) is 5.52. The maximum atomic E-state index is 10.3. The molecule has 1 heterocycles. The lowest BCUT2D eigenvalue weighted by Gasteiger charge is -1.95. The van der Waals surface area contributed by atoms with Crippen molar-refractivity contribution in [2.45, 2.75) is 10.3 Å². The molecule has 0 aliphatic heterocycles. The molecule has 0 fully saturated rings. The molecule has 1 aromatic heterocycles. The minimum Gasteiger partial charge on any atom is -0.302 e. The van der Waals surface area contributed by atoms with Gasteiger partial charge in [0.25, 0.3) is 0 Å².